The lowest BCUT2D eigenvalue weighted by Crippen LogP contribution is -2.56. The molecule has 1 fully saturated rings. The van der Waals surface area contributed by atoms with E-state index >= 15 is 0 Å². The Morgan fingerprint density at radius 1 is 1.30 bits per heavy atom. The summed E-state index contributed by atoms with van der Waals surface area (Å²) in [5.74, 6) is 0.0121. The van der Waals surface area contributed by atoms with Crippen molar-refractivity contribution in [1.29, 1.82) is 0 Å². The third-order valence-electron chi connectivity index (χ3n) is 4.46. The van der Waals surface area contributed by atoms with Gasteiger partial charge in [0, 0.05) is 31.9 Å². The van der Waals surface area contributed by atoms with Crippen LogP contribution in [0.2, 0.25) is 0 Å². The summed E-state index contributed by atoms with van der Waals surface area (Å²) in [6.07, 6.45) is 1.62. The van der Waals surface area contributed by atoms with Crippen LogP contribution in [-0.2, 0) is 4.79 Å². The maximum absolute atomic E-state index is 12.9. The molecule has 1 aromatic carbocycles. The summed E-state index contributed by atoms with van der Waals surface area (Å²) < 4.78 is 0. The molecule has 0 aromatic heterocycles. The molecule has 0 N–H and O–H groups in total. The molecular weight excluding hydrogens is 290 g/mol. The number of benzene rings is 1. The van der Waals surface area contributed by atoms with E-state index in [1.807, 2.05) is 51.1 Å². The first-order valence-corrected chi connectivity index (χ1v) is 8.37. The van der Waals surface area contributed by atoms with Crippen LogP contribution in [0.4, 0.5) is 10.5 Å². The van der Waals surface area contributed by atoms with Crippen molar-refractivity contribution in [2.75, 3.05) is 25.0 Å². The summed E-state index contributed by atoms with van der Waals surface area (Å²) in [6, 6.07) is 9.34. The number of amides is 3. The van der Waals surface area contributed by atoms with Gasteiger partial charge in [-0.3, -0.25) is 4.79 Å². The number of nitrogens with zero attached hydrogens (tertiary/aromatic N) is 3. The summed E-state index contributed by atoms with van der Waals surface area (Å²) in [7, 11) is 1.74. The summed E-state index contributed by atoms with van der Waals surface area (Å²) in [5, 5.41) is 0. The Kier molecular flexibility index (Phi) is 5.64. The number of anilines is 1. The maximum Gasteiger partial charge on any atom is 0.320 e. The second kappa shape index (κ2) is 7.49. The first-order chi connectivity index (χ1) is 11.0. The second-order valence-corrected chi connectivity index (χ2v) is 6.26. The summed E-state index contributed by atoms with van der Waals surface area (Å²) >= 11 is 0. The van der Waals surface area contributed by atoms with E-state index in [1.165, 1.54) is 0 Å². The van der Waals surface area contributed by atoms with Crippen molar-refractivity contribution in [2.24, 2.45) is 0 Å². The Morgan fingerprint density at radius 2 is 1.96 bits per heavy atom. The van der Waals surface area contributed by atoms with Crippen LogP contribution in [0.1, 0.15) is 33.6 Å². The van der Waals surface area contributed by atoms with Crippen LogP contribution in [0.3, 0.4) is 0 Å². The largest absolute Gasteiger partial charge is 0.322 e. The highest BCUT2D eigenvalue weighted by atomic mass is 16.2. The molecule has 5 heteroatoms. The molecule has 0 unspecified atom stereocenters. The van der Waals surface area contributed by atoms with Gasteiger partial charge in [0.05, 0.1) is 0 Å². The molecule has 0 radical (unpaired) electrons. The highest BCUT2D eigenvalue weighted by Crippen LogP contribution is 2.23. The number of piperidine rings is 1. The Hall–Kier alpha value is -2.04. The van der Waals surface area contributed by atoms with Gasteiger partial charge in [0.15, 0.2) is 0 Å². The lowest BCUT2D eigenvalue weighted by molar-refractivity contribution is -0.124. The molecule has 0 bridgehead atoms. The van der Waals surface area contributed by atoms with Gasteiger partial charge in [-0.25, -0.2) is 4.79 Å². The minimum Gasteiger partial charge on any atom is -0.322 e. The lowest BCUT2D eigenvalue weighted by Gasteiger charge is -2.39. The van der Waals surface area contributed by atoms with Crippen LogP contribution in [0.25, 0.3) is 0 Å². The SMILES string of the molecule is CCN(C(=O)N(C)[C@H]1CCCN(c2ccccc2)C1=O)C(C)C. The third-order valence-corrected chi connectivity index (χ3v) is 4.46. The monoisotopic (exact) mass is 317 g/mol. The second-order valence-electron chi connectivity index (χ2n) is 6.26. The number of urea groups is 1. The van der Waals surface area contributed by atoms with E-state index in [0.29, 0.717) is 13.1 Å². The number of para-hydroxylation sites is 1. The fourth-order valence-electron chi connectivity index (χ4n) is 3.14. The highest BCUT2D eigenvalue weighted by Gasteiger charge is 2.36. The van der Waals surface area contributed by atoms with Crippen molar-refractivity contribution in [2.45, 2.75) is 45.7 Å². The molecule has 126 valence electrons. The van der Waals surface area contributed by atoms with Gasteiger partial charge in [-0.05, 0) is 45.7 Å². The van der Waals surface area contributed by atoms with E-state index in [2.05, 4.69) is 0 Å². The molecule has 1 heterocycles. The lowest BCUT2D eigenvalue weighted by atomic mass is 10.0. The maximum atomic E-state index is 12.9. The predicted molar refractivity (Wildman–Crippen MR) is 92.5 cm³/mol. The van der Waals surface area contributed by atoms with E-state index in [1.54, 1.807) is 21.7 Å². The van der Waals surface area contributed by atoms with Crippen LogP contribution >= 0.6 is 0 Å². The number of likely N-dealkylation sites (N-methyl/N-ethyl adjacent to an activating group) is 1. The number of carbonyl (C=O) groups is 2. The molecule has 1 atom stereocenters. The minimum atomic E-state index is -0.385. The van der Waals surface area contributed by atoms with Crippen molar-refractivity contribution >= 4 is 17.6 Å². The quantitative estimate of drug-likeness (QED) is 0.857. The predicted octanol–water partition coefficient (Wildman–Crippen LogP) is 2.96. The van der Waals surface area contributed by atoms with E-state index in [-0.39, 0.29) is 24.0 Å². The van der Waals surface area contributed by atoms with Gasteiger partial charge in [-0.1, -0.05) is 18.2 Å². The van der Waals surface area contributed by atoms with Crippen LogP contribution in [-0.4, -0.2) is 54.0 Å². The van der Waals surface area contributed by atoms with Crippen LogP contribution in [0, 0.1) is 0 Å². The average molecular weight is 317 g/mol. The molecule has 1 aromatic rings. The Bertz CT molecular complexity index is 544. The minimum absolute atomic E-state index is 0.0121. The molecule has 5 nitrogen and oxygen atoms in total. The smallest absolute Gasteiger partial charge is 0.320 e. The van der Waals surface area contributed by atoms with Crippen molar-refractivity contribution in [3.8, 4) is 0 Å². The molecule has 0 saturated carbocycles. The van der Waals surface area contributed by atoms with Crippen LogP contribution in [0.5, 0.6) is 0 Å². The van der Waals surface area contributed by atoms with E-state index in [4.69, 9.17) is 0 Å². The molecule has 1 aliphatic rings. The van der Waals surface area contributed by atoms with Gasteiger partial charge >= 0.3 is 6.03 Å². The molecule has 23 heavy (non-hydrogen) atoms. The van der Waals surface area contributed by atoms with Crippen molar-refractivity contribution < 1.29 is 9.59 Å². The van der Waals surface area contributed by atoms with Crippen LogP contribution in [0.15, 0.2) is 30.3 Å². The number of hydrogen-bond donors (Lipinski definition) is 0. The zero-order valence-electron chi connectivity index (χ0n) is 14.5. The molecule has 1 saturated heterocycles. The summed E-state index contributed by atoms with van der Waals surface area (Å²) in [5.41, 5.74) is 0.902. The van der Waals surface area contributed by atoms with Crippen molar-refractivity contribution in [3.63, 3.8) is 0 Å². The molecule has 2 rings (SSSR count). The van der Waals surface area contributed by atoms with Gasteiger partial charge in [-0.15, -0.1) is 0 Å². The van der Waals surface area contributed by atoms with Crippen molar-refractivity contribution in [1.82, 2.24) is 9.80 Å². The zero-order chi connectivity index (χ0) is 17.0. The fourth-order valence-corrected chi connectivity index (χ4v) is 3.14. The summed E-state index contributed by atoms with van der Waals surface area (Å²) in [6.45, 7) is 7.31. The normalized spacial score (nSPS) is 18.2. The Morgan fingerprint density at radius 3 is 2.52 bits per heavy atom. The first kappa shape index (κ1) is 17.3. The average Bonchev–Trinajstić information content (AvgIpc) is 2.55. The first-order valence-electron chi connectivity index (χ1n) is 8.37. The number of hydrogen-bond acceptors (Lipinski definition) is 2. The fraction of sp³-hybridized carbons (Fsp3) is 0.556. The highest BCUT2D eigenvalue weighted by molar-refractivity contribution is 5.99. The van der Waals surface area contributed by atoms with Gasteiger partial charge in [-0.2, -0.15) is 0 Å². The molecular formula is C18H27N3O2. The zero-order valence-corrected chi connectivity index (χ0v) is 14.5. The topological polar surface area (TPSA) is 43.9 Å². The standard InChI is InChI=1S/C18H27N3O2/c1-5-20(14(2)3)18(23)19(4)16-12-9-13-21(17(16)22)15-10-7-6-8-11-15/h6-8,10-11,14,16H,5,9,12-13H2,1-4H3/t16-/m0/s1. The van der Waals surface area contributed by atoms with Gasteiger partial charge in [0.2, 0.25) is 5.91 Å². The number of carbonyl (C=O) groups excluding carboxylic acids is 2. The third kappa shape index (κ3) is 3.66. The summed E-state index contributed by atoms with van der Waals surface area (Å²) in [4.78, 5) is 30.7. The van der Waals surface area contributed by atoms with E-state index in [9.17, 15) is 9.59 Å². The molecule has 3 amide bonds. The van der Waals surface area contributed by atoms with Gasteiger partial charge in [0.25, 0.3) is 0 Å². The Labute approximate surface area is 138 Å². The Balaban J connectivity index is 2.16. The molecule has 0 aliphatic carbocycles. The van der Waals surface area contributed by atoms with Gasteiger partial charge < -0.3 is 14.7 Å². The van der Waals surface area contributed by atoms with E-state index < -0.39 is 0 Å². The molecule has 1 aliphatic heterocycles. The van der Waals surface area contributed by atoms with Crippen molar-refractivity contribution in [3.05, 3.63) is 30.3 Å². The number of rotatable bonds is 4. The van der Waals surface area contributed by atoms with Gasteiger partial charge in [0.1, 0.15) is 6.04 Å². The molecule has 0 spiro atoms. The van der Waals surface area contributed by atoms with Crippen LogP contribution < -0.4 is 4.90 Å². The van der Waals surface area contributed by atoms with E-state index in [0.717, 1.165) is 18.5 Å².